The molecule has 1 rings (SSSR count). The minimum atomic E-state index is 0.320. The summed E-state index contributed by atoms with van der Waals surface area (Å²) in [6.07, 6.45) is 6.66. The molecule has 1 unspecified atom stereocenters. The first-order valence-corrected chi connectivity index (χ1v) is 6.58. The Morgan fingerprint density at radius 1 is 1.33 bits per heavy atom. The van der Waals surface area contributed by atoms with Crippen molar-refractivity contribution in [1.82, 2.24) is 4.90 Å². The van der Waals surface area contributed by atoms with Crippen molar-refractivity contribution in [3.8, 4) is 0 Å². The summed E-state index contributed by atoms with van der Waals surface area (Å²) < 4.78 is 0. The van der Waals surface area contributed by atoms with Gasteiger partial charge in [0.05, 0.1) is 0 Å². The molecule has 0 aliphatic carbocycles. The van der Waals surface area contributed by atoms with Gasteiger partial charge in [-0.1, -0.05) is 19.8 Å². The van der Waals surface area contributed by atoms with Crippen molar-refractivity contribution < 1.29 is 0 Å². The normalized spacial score (nSPS) is 26.8. The summed E-state index contributed by atoms with van der Waals surface area (Å²) in [6.45, 7) is 10.4. The van der Waals surface area contributed by atoms with Gasteiger partial charge in [0.15, 0.2) is 0 Å². The summed E-state index contributed by atoms with van der Waals surface area (Å²) in [6, 6.07) is 0. The van der Waals surface area contributed by atoms with Gasteiger partial charge in [0.1, 0.15) is 0 Å². The molecule has 2 heteroatoms. The summed E-state index contributed by atoms with van der Waals surface area (Å²) in [5.74, 6) is 0.688. The maximum absolute atomic E-state index is 5.87. The van der Waals surface area contributed by atoms with E-state index in [1.807, 2.05) is 0 Å². The number of hydrogen-bond donors (Lipinski definition) is 1. The summed E-state index contributed by atoms with van der Waals surface area (Å²) in [5.41, 5.74) is 6.19. The van der Waals surface area contributed by atoms with E-state index in [-0.39, 0.29) is 0 Å². The third kappa shape index (κ3) is 3.18. The van der Waals surface area contributed by atoms with E-state index in [0.29, 0.717) is 11.5 Å². The maximum Gasteiger partial charge on any atom is 0.0193 e. The molecule has 2 N–H and O–H groups in total. The molecular formula is C13H28N2. The molecule has 0 saturated carbocycles. The van der Waals surface area contributed by atoms with Crippen molar-refractivity contribution in [1.29, 1.82) is 0 Å². The van der Waals surface area contributed by atoms with Gasteiger partial charge in [-0.2, -0.15) is 0 Å². The van der Waals surface area contributed by atoms with Gasteiger partial charge >= 0.3 is 0 Å². The van der Waals surface area contributed by atoms with Gasteiger partial charge in [0, 0.05) is 5.54 Å². The quantitative estimate of drug-likeness (QED) is 0.710. The van der Waals surface area contributed by atoms with Crippen LogP contribution in [0.4, 0.5) is 0 Å². The molecule has 0 radical (unpaired) electrons. The highest BCUT2D eigenvalue weighted by atomic mass is 15.2. The van der Waals surface area contributed by atoms with Crippen LogP contribution in [0, 0.1) is 5.92 Å². The van der Waals surface area contributed by atoms with Gasteiger partial charge in [-0.15, -0.1) is 0 Å². The first-order valence-electron chi connectivity index (χ1n) is 6.58. The van der Waals surface area contributed by atoms with Gasteiger partial charge < -0.3 is 5.73 Å². The van der Waals surface area contributed by atoms with Gasteiger partial charge in [0.25, 0.3) is 0 Å². The van der Waals surface area contributed by atoms with Gasteiger partial charge in [0.2, 0.25) is 0 Å². The maximum atomic E-state index is 5.87. The Morgan fingerprint density at radius 3 is 2.67 bits per heavy atom. The number of piperidine rings is 1. The van der Waals surface area contributed by atoms with E-state index in [1.165, 1.54) is 45.2 Å². The lowest BCUT2D eigenvalue weighted by Crippen LogP contribution is -2.55. The second-order valence-corrected chi connectivity index (χ2v) is 5.42. The van der Waals surface area contributed by atoms with Crippen LogP contribution in [0.5, 0.6) is 0 Å². The van der Waals surface area contributed by atoms with Gasteiger partial charge in [-0.25, -0.2) is 0 Å². The highest BCUT2D eigenvalue weighted by Gasteiger charge is 2.36. The predicted molar refractivity (Wildman–Crippen MR) is 67.0 cm³/mol. The molecule has 90 valence electrons. The molecule has 15 heavy (non-hydrogen) atoms. The fraction of sp³-hybridized carbons (Fsp3) is 1.00. The second kappa shape index (κ2) is 5.86. The molecule has 0 aromatic rings. The van der Waals surface area contributed by atoms with E-state index in [1.54, 1.807) is 0 Å². The number of hydrogen-bond acceptors (Lipinski definition) is 2. The van der Waals surface area contributed by atoms with Crippen molar-refractivity contribution in [2.45, 2.75) is 58.4 Å². The lowest BCUT2D eigenvalue weighted by Gasteiger charge is -2.48. The van der Waals surface area contributed by atoms with E-state index in [0.717, 1.165) is 6.54 Å². The molecule has 1 aliphatic heterocycles. The standard InChI is InChI=1S/C13H28N2/c1-4-5-6-9-15-10-7-8-12(11-14)13(15,2)3/h12H,4-11,14H2,1-3H3. The average Bonchev–Trinajstić information content (AvgIpc) is 2.20. The third-order valence-electron chi connectivity index (χ3n) is 4.11. The van der Waals surface area contributed by atoms with E-state index in [2.05, 4.69) is 25.7 Å². The molecule has 0 bridgehead atoms. The zero-order valence-corrected chi connectivity index (χ0v) is 10.8. The Bertz CT molecular complexity index is 177. The average molecular weight is 212 g/mol. The van der Waals surface area contributed by atoms with Crippen molar-refractivity contribution in [2.75, 3.05) is 19.6 Å². The van der Waals surface area contributed by atoms with Crippen LogP contribution in [0.2, 0.25) is 0 Å². The van der Waals surface area contributed by atoms with Crippen LogP contribution in [0.1, 0.15) is 52.9 Å². The first-order chi connectivity index (χ1) is 7.12. The predicted octanol–water partition coefficient (Wildman–Crippen LogP) is 2.63. The van der Waals surface area contributed by atoms with Crippen molar-refractivity contribution >= 4 is 0 Å². The van der Waals surface area contributed by atoms with Crippen LogP contribution in [0.25, 0.3) is 0 Å². The molecular weight excluding hydrogens is 184 g/mol. The molecule has 2 nitrogen and oxygen atoms in total. The number of rotatable bonds is 5. The largest absolute Gasteiger partial charge is 0.330 e. The summed E-state index contributed by atoms with van der Waals surface area (Å²) >= 11 is 0. The topological polar surface area (TPSA) is 29.3 Å². The fourth-order valence-corrected chi connectivity index (χ4v) is 2.79. The number of unbranched alkanes of at least 4 members (excludes halogenated alkanes) is 2. The highest BCUT2D eigenvalue weighted by molar-refractivity contribution is 4.92. The summed E-state index contributed by atoms with van der Waals surface area (Å²) in [4.78, 5) is 2.66. The molecule has 0 aromatic heterocycles. The summed E-state index contributed by atoms with van der Waals surface area (Å²) in [7, 11) is 0. The SMILES string of the molecule is CCCCCN1CCCC(CN)C1(C)C. The Balaban J connectivity index is 2.47. The smallest absolute Gasteiger partial charge is 0.0193 e. The molecule has 1 fully saturated rings. The number of likely N-dealkylation sites (tertiary alicyclic amines) is 1. The van der Waals surface area contributed by atoms with Crippen molar-refractivity contribution in [2.24, 2.45) is 11.7 Å². The molecule has 1 saturated heterocycles. The Hall–Kier alpha value is -0.0800. The van der Waals surface area contributed by atoms with Crippen LogP contribution in [-0.4, -0.2) is 30.1 Å². The molecule has 0 spiro atoms. The van der Waals surface area contributed by atoms with E-state index >= 15 is 0 Å². The van der Waals surface area contributed by atoms with E-state index in [4.69, 9.17) is 5.73 Å². The molecule has 0 amide bonds. The van der Waals surface area contributed by atoms with Crippen LogP contribution in [-0.2, 0) is 0 Å². The molecule has 0 aromatic carbocycles. The fourth-order valence-electron chi connectivity index (χ4n) is 2.79. The summed E-state index contributed by atoms with van der Waals surface area (Å²) in [5, 5.41) is 0. The van der Waals surface area contributed by atoms with Gasteiger partial charge in [-0.3, -0.25) is 4.90 Å². The third-order valence-corrected chi connectivity index (χ3v) is 4.11. The van der Waals surface area contributed by atoms with Crippen LogP contribution in [0.3, 0.4) is 0 Å². The Kier molecular flexibility index (Phi) is 5.07. The minimum Gasteiger partial charge on any atom is -0.330 e. The molecule has 1 atom stereocenters. The number of nitrogens with two attached hydrogens (primary N) is 1. The first kappa shape index (κ1) is 13.0. The van der Waals surface area contributed by atoms with Crippen molar-refractivity contribution in [3.05, 3.63) is 0 Å². The lowest BCUT2D eigenvalue weighted by molar-refractivity contribution is 0.0246. The number of nitrogens with zero attached hydrogens (tertiary/aromatic N) is 1. The zero-order chi connectivity index (χ0) is 11.3. The highest BCUT2D eigenvalue weighted by Crippen LogP contribution is 2.32. The second-order valence-electron chi connectivity index (χ2n) is 5.42. The molecule has 1 heterocycles. The Morgan fingerprint density at radius 2 is 2.07 bits per heavy atom. The van der Waals surface area contributed by atoms with E-state index < -0.39 is 0 Å². The van der Waals surface area contributed by atoms with Crippen LogP contribution < -0.4 is 5.73 Å². The van der Waals surface area contributed by atoms with Crippen molar-refractivity contribution in [3.63, 3.8) is 0 Å². The lowest BCUT2D eigenvalue weighted by atomic mass is 9.79. The van der Waals surface area contributed by atoms with E-state index in [9.17, 15) is 0 Å². The van der Waals surface area contributed by atoms with Gasteiger partial charge in [-0.05, 0) is 58.7 Å². The monoisotopic (exact) mass is 212 g/mol. The Labute approximate surface area is 95.2 Å². The molecule has 1 aliphatic rings. The van der Waals surface area contributed by atoms with Crippen LogP contribution in [0.15, 0.2) is 0 Å². The van der Waals surface area contributed by atoms with Crippen LogP contribution >= 0.6 is 0 Å². The zero-order valence-electron chi connectivity index (χ0n) is 10.8. The minimum absolute atomic E-state index is 0.320.